The van der Waals surface area contributed by atoms with Crippen LogP contribution in [0, 0.1) is 31.6 Å². The van der Waals surface area contributed by atoms with Crippen molar-refractivity contribution in [2.45, 2.75) is 64.8 Å². The largest absolute Gasteiger partial charge is 0.361 e. The molecule has 2 fully saturated rings. The Bertz CT molecular complexity index is 1150. The van der Waals surface area contributed by atoms with Crippen LogP contribution in [-0.2, 0) is 22.4 Å². The number of imide groups is 1. The summed E-state index contributed by atoms with van der Waals surface area (Å²) in [5, 5.41) is 7.02. The molecule has 4 amide bonds. The third-order valence-corrected chi connectivity index (χ3v) is 7.55. The number of aromatic nitrogens is 1. The Balaban J connectivity index is 1.46. The van der Waals surface area contributed by atoms with Gasteiger partial charge in [-0.2, -0.15) is 0 Å². The molecule has 4 rings (SSSR count). The summed E-state index contributed by atoms with van der Waals surface area (Å²) in [7, 11) is 0. The number of piperidine rings is 1. The topological polar surface area (TPSA) is 95.8 Å². The molecule has 2 saturated heterocycles. The lowest BCUT2D eigenvalue weighted by Crippen LogP contribution is -2.56. The predicted octanol–water partition coefficient (Wildman–Crippen LogP) is 3.41. The molecule has 1 aromatic heterocycles. The van der Waals surface area contributed by atoms with E-state index in [4.69, 9.17) is 4.52 Å². The molecule has 0 radical (unpaired) electrons. The minimum absolute atomic E-state index is 0.0302. The standard InChI is InChI=1S/C28H34N4O4/c1-4-5-16-32-26(34)28(29-27(32)35,15-9-12-22-10-7-6-8-11-22)23-13-17-31(18-14-23)25(33)19-24-20(2)30-36-21(24)3/h6-8,10-11,23H,9,12-19H2,1-3H3,(H,29,35)/t28-/m1/s1. The Hall–Kier alpha value is -3.60. The second kappa shape index (κ2) is 11.0. The molecule has 0 bridgehead atoms. The van der Waals surface area contributed by atoms with E-state index in [1.165, 1.54) is 10.5 Å². The van der Waals surface area contributed by atoms with Crippen molar-refractivity contribution in [2.24, 2.45) is 5.92 Å². The van der Waals surface area contributed by atoms with E-state index < -0.39 is 5.54 Å². The minimum Gasteiger partial charge on any atom is -0.361 e. The van der Waals surface area contributed by atoms with Gasteiger partial charge in [-0.3, -0.25) is 14.5 Å². The van der Waals surface area contributed by atoms with Crippen molar-refractivity contribution in [1.29, 1.82) is 0 Å². The van der Waals surface area contributed by atoms with Crippen LogP contribution in [0.4, 0.5) is 4.79 Å². The molecule has 0 unspecified atom stereocenters. The van der Waals surface area contributed by atoms with Crippen LogP contribution in [0.1, 0.15) is 55.2 Å². The number of hydrogen-bond donors (Lipinski definition) is 1. The van der Waals surface area contributed by atoms with E-state index in [0.29, 0.717) is 38.1 Å². The molecule has 8 heteroatoms. The van der Waals surface area contributed by atoms with Gasteiger partial charge in [-0.15, -0.1) is 5.92 Å². The Kier molecular flexibility index (Phi) is 7.78. The molecule has 1 N–H and O–H groups in total. The van der Waals surface area contributed by atoms with Crippen LogP contribution in [0.5, 0.6) is 0 Å². The van der Waals surface area contributed by atoms with Crippen molar-refractivity contribution in [2.75, 3.05) is 19.6 Å². The van der Waals surface area contributed by atoms with Gasteiger partial charge < -0.3 is 14.7 Å². The average Bonchev–Trinajstić information content (AvgIpc) is 3.33. The zero-order valence-corrected chi connectivity index (χ0v) is 21.3. The smallest absolute Gasteiger partial charge is 0.325 e. The number of nitrogens with zero attached hydrogens (tertiary/aromatic N) is 3. The van der Waals surface area contributed by atoms with E-state index in [-0.39, 0.29) is 36.7 Å². The fourth-order valence-electron chi connectivity index (χ4n) is 5.45. The Morgan fingerprint density at radius 1 is 1.19 bits per heavy atom. The average molecular weight is 491 g/mol. The Morgan fingerprint density at radius 3 is 2.56 bits per heavy atom. The highest BCUT2D eigenvalue weighted by molar-refractivity contribution is 6.07. The first-order chi connectivity index (χ1) is 17.4. The third kappa shape index (κ3) is 5.15. The van der Waals surface area contributed by atoms with Gasteiger partial charge in [-0.25, -0.2) is 4.79 Å². The molecule has 1 aromatic carbocycles. The van der Waals surface area contributed by atoms with E-state index in [2.05, 4.69) is 34.4 Å². The number of benzene rings is 1. The molecule has 3 heterocycles. The first kappa shape index (κ1) is 25.5. The van der Waals surface area contributed by atoms with Crippen LogP contribution in [0.2, 0.25) is 0 Å². The molecular formula is C28H34N4O4. The second-order valence-electron chi connectivity index (χ2n) is 9.69. The maximum Gasteiger partial charge on any atom is 0.325 e. The quantitative estimate of drug-likeness (QED) is 0.452. The maximum atomic E-state index is 13.7. The van der Waals surface area contributed by atoms with E-state index in [9.17, 15) is 14.4 Å². The van der Waals surface area contributed by atoms with Gasteiger partial charge in [0.15, 0.2) is 0 Å². The number of aryl methyl sites for hydroxylation is 3. The summed E-state index contributed by atoms with van der Waals surface area (Å²) in [5.74, 6) is 6.09. The summed E-state index contributed by atoms with van der Waals surface area (Å²) in [6.07, 6.45) is 3.72. The summed E-state index contributed by atoms with van der Waals surface area (Å²) in [6.45, 7) is 6.54. The molecule has 1 atom stereocenters. The molecule has 0 saturated carbocycles. The van der Waals surface area contributed by atoms with Gasteiger partial charge in [0, 0.05) is 18.7 Å². The van der Waals surface area contributed by atoms with Crippen LogP contribution in [0.25, 0.3) is 0 Å². The predicted molar refractivity (Wildman–Crippen MR) is 135 cm³/mol. The highest BCUT2D eigenvalue weighted by Crippen LogP contribution is 2.37. The lowest BCUT2D eigenvalue weighted by molar-refractivity contribution is -0.135. The fourth-order valence-corrected chi connectivity index (χ4v) is 5.45. The summed E-state index contributed by atoms with van der Waals surface area (Å²) in [4.78, 5) is 42.6. The van der Waals surface area contributed by atoms with Crippen molar-refractivity contribution in [1.82, 2.24) is 20.3 Å². The summed E-state index contributed by atoms with van der Waals surface area (Å²) in [6, 6.07) is 9.78. The van der Waals surface area contributed by atoms with E-state index in [1.54, 1.807) is 6.92 Å². The van der Waals surface area contributed by atoms with Crippen LogP contribution < -0.4 is 5.32 Å². The highest BCUT2D eigenvalue weighted by atomic mass is 16.5. The number of nitrogens with one attached hydrogen (secondary N) is 1. The van der Waals surface area contributed by atoms with Crippen LogP contribution >= 0.6 is 0 Å². The molecular weight excluding hydrogens is 456 g/mol. The number of amides is 4. The van der Waals surface area contributed by atoms with Gasteiger partial charge in [0.25, 0.3) is 5.91 Å². The molecule has 190 valence electrons. The Labute approximate surface area is 212 Å². The van der Waals surface area contributed by atoms with Crippen LogP contribution in [0.15, 0.2) is 34.9 Å². The molecule has 2 aliphatic rings. The van der Waals surface area contributed by atoms with Gasteiger partial charge in [0.05, 0.1) is 18.7 Å². The zero-order valence-electron chi connectivity index (χ0n) is 21.3. The fraction of sp³-hybridized carbons (Fsp3) is 0.500. The summed E-state index contributed by atoms with van der Waals surface area (Å²) < 4.78 is 5.20. The van der Waals surface area contributed by atoms with E-state index in [0.717, 1.165) is 24.1 Å². The van der Waals surface area contributed by atoms with Crippen molar-refractivity contribution in [3.05, 3.63) is 52.9 Å². The van der Waals surface area contributed by atoms with Crippen molar-refractivity contribution in [3.63, 3.8) is 0 Å². The normalized spacial score (nSPS) is 20.3. The van der Waals surface area contributed by atoms with Crippen LogP contribution in [-0.4, -0.2) is 58.0 Å². The zero-order chi connectivity index (χ0) is 25.7. The first-order valence-electron chi connectivity index (χ1n) is 12.6. The van der Waals surface area contributed by atoms with Gasteiger partial charge in [-0.05, 0) is 64.4 Å². The van der Waals surface area contributed by atoms with Crippen molar-refractivity contribution in [3.8, 4) is 11.8 Å². The second-order valence-corrected chi connectivity index (χ2v) is 9.69. The molecule has 8 nitrogen and oxygen atoms in total. The number of carbonyl (C=O) groups excluding carboxylic acids is 3. The molecule has 0 aliphatic carbocycles. The van der Waals surface area contributed by atoms with Gasteiger partial charge in [0.2, 0.25) is 5.91 Å². The Morgan fingerprint density at radius 2 is 1.92 bits per heavy atom. The highest BCUT2D eigenvalue weighted by Gasteiger charge is 2.55. The van der Waals surface area contributed by atoms with Crippen molar-refractivity contribution >= 4 is 17.8 Å². The molecule has 0 spiro atoms. The third-order valence-electron chi connectivity index (χ3n) is 7.55. The SMILES string of the molecule is CC#CCN1C(=O)N[C@](CCCc2ccccc2)(C2CCN(C(=O)Cc3c(C)noc3C)CC2)C1=O. The minimum atomic E-state index is -0.960. The number of carbonyl (C=O) groups is 3. The first-order valence-corrected chi connectivity index (χ1v) is 12.6. The molecule has 36 heavy (non-hydrogen) atoms. The lowest BCUT2D eigenvalue weighted by Gasteiger charge is -2.41. The monoisotopic (exact) mass is 490 g/mol. The number of hydrogen-bond acceptors (Lipinski definition) is 5. The number of rotatable bonds is 8. The maximum absolute atomic E-state index is 13.7. The number of likely N-dealkylation sites (tertiary alicyclic amines) is 1. The van der Waals surface area contributed by atoms with Gasteiger partial charge >= 0.3 is 6.03 Å². The summed E-state index contributed by atoms with van der Waals surface area (Å²) in [5.41, 5.74) is 1.82. The van der Waals surface area contributed by atoms with Gasteiger partial charge in [-0.1, -0.05) is 41.4 Å². The lowest BCUT2D eigenvalue weighted by atomic mass is 9.74. The molecule has 2 aromatic rings. The number of urea groups is 1. The summed E-state index contributed by atoms with van der Waals surface area (Å²) >= 11 is 0. The van der Waals surface area contributed by atoms with E-state index >= 15 is 0 Å². The van der Waals surface area contributed by atoms with E-state index in [1.807, 2.05) is 36.9 Å². The van der Waals surface area contributed by atoms with Crippen molar-refractivity contribution < 1.29 is 18.9 Å². The molecule has 2 aliphatic heterocycles. The van der Waals surface area contributed by atoms with Crippen LogP contribution in [0.3, 0.4) is 0 Å². The van der Waals surface area contributed by atoms with Gasteiger partial charge in [0.1, 0.15) is 11.3 Å².